The van der Waals surface area contributed by atoms with Crippen molar-refractivity contribution in [3.8, 4) is 0 Å². The first-order valence-electron chi connectivity index (χ1n) is 14.2. The van der Waals surface area contributed by atoms with Crippen LogP contribution in [0, 0.1) is 0 Å². The summed E-state index contributed by atoms with van der Waals surface area (Å²) in [6, 6.07) is 36.2. The van der Waals surface area contributed by atoms with Gasteiger partial charge in [-0.15, -0.1) is 0 Å². The average molecular weight is 597 g/mol. The lowest BCUT2D eigenvalue weighted by molar-refractivity contribution is -0.148. The maximum Gasteiger partial charge on any atom is 0.338 e. The molecule has 2 atom stereocenters. The highest BCUT2D eigenvalue weighted by molar-refractivity contribution is 5.90. The first kappa shape index (κ1) is 33.3. The van der Waals surface area contributed by atoms with Gasteiger partial charge in [-0.2, -0.15) is 0 Å². The summed E-state index contributed by atoms with van der Waals surface area (Å²) in [6.07, 6.45) is -0.997. The Morgan fingerprint density at radius 3 is 1.09 bits per heavy atom. The van der Waals surface area contributed by atoms with Crippen LogP contribution >= 0.6 is 0 Å². The molecule has 4 rings (SSSR count). The molecule has 0 aliphatic carbocycles. The van der Waals surface area contributed by atoms with Gasteiger partial charge in [0.2, 0.25) is 0 Å². The van der Waals surface area contributed by atoms with Crippen LogP contribution in [0.4, 0.5) is 0 Å². The van der Waals surface area contributed by atoms with E-state index in [1.165, 1.54) is 0 Å². The molecular formula is C36H36O8. The first-order valence-corrected chi connectivity index (χ1v) is 14.2. The lowest BCUT2D eigenvalue weighted by Crippen LogP contribution is -2.20. The van der Waals surface area contributed by atoms with Gasteiger partial charge in [0.1, 0.15) is 25.4 Å². The summed E-state index contributed by atoms with van der Waals surface area (Å²) in [7, 11) is 0. The molecule has 0 bridgehead atoms. The van der Waals surface area contributed by atoms with Crippen molar-refractivity contribution < 1.29 is 38.1 Å². The molecule has 0 saturated carbocycles. The van der Waals surface area contributed by atoms with Crippen LogP contribution in [-0.2, 0) is 41.8 Å². The summed E-state index contributed by atoms with van der Waals surface area (Å²) in [6.45, 7) is 3.79. The standard InChI is InChI=1S/2C18H18O4/c2*1-14(22-18(20)16-10-6-3-7-11-16)12-17(19)21-13-15-8-4-2-5-9-15/h2*2-11,14H,12-13H2,1H3. The summed E-state index contributed by atoms with van der Waals surface area (Å²) in [5, 5.41) is 0. The average Bonchev–Trinajstić information content (AvgIpc) is 3.05. The van der Waals surface area contributed by atoms with Crippen molar-refractivity contribution in [1.29, 1.82) is 0 Å². The van der Waals surface area contributed by atoms with E-state index in [0.717, 1.165) is 11.1 Å². The molecule has 4 aromatic carbocycles. The Labute approximate surface area is 257 Å². The first-order chi connectivity index (χ1) is 21.3. The van der Waals surface area contributed by atoms with E-state index in [1.54, 1.807) is 62.4 Å². The van der Waals surface area contributed by atoms with Crippen molar-refractivity contribution in [2.24, 2.45) is 0 Å². The third-order valence-electron chi connectivity index (χ3n) is 6.03. The molecule has 0 aliphatic rings. The van der Waals surface area contributed by atoms with Crippen molar-refractivity contribution in [3.63, 3.8) is 0 Å². The predicted octanol–water partition coefficient (Wildman–Crippen LogP) is 6.73. The summed E-state index contributed by atoms with van der Waals surface area (Å²) in [5.74, 6) is -1.66. The van der Waals surface area contributed by atoms with E-state index in [1.807, 2.05) is 72.8 Å². The number of hydrogen-bond acceptors (Lipinski definition) is 8. The molecule has 8 heteroatoms. The Morgan fingerprint density at radius 2 is 0.773 bits per heavy atom. The smallest absolute Gasteiger partial charge is 0.338 e. The Hall–Kier alpha value is -5.24. The minimum Gasteiger partial charge on any atom is -0.461 e. The maximum atomic E-state index is 11.8. The number of hydrogen-bond donors (Lipinski definition) is 0. The second kappa shape index (κ2) is 18.3. The fourth-order valence-corrected chi connectivity index (χ4v) is 3.80. The zero-order valence-electron chi connectivity index (χ0n) is 24.8. The highest BCUT2D eigenvalue weighted by Crippen LogP contribution is 2.10. The SMILES string of the molecule is CC(CC(=O)OCc1ccccc1)OC(=O)c1ccccc1.CC(CC(=O)OCc1ccccc1)OC(=O)c1ccccc1. The Morgan fingerprint density at radius 1 is 0.477 bits per heavy atom. The molecule has 0 spiro atoms. The maximum absolute atomic E-state index is 11.8. The highest BCUT2D eigenvalue weighted by atomic mass is 16.6. The number of carbonyl (C=O) groups excluding carboxylic acids is 4. The second-order valence-corrected chi connectivity index (χ2v) is 9.86. The van der Waals surface area contributed by atoms with Gasteiger partial charge in [-0.3, -0.25) is 9.59 Å². The quantitative estimate of drug-likeness (QED) is 0.131. The zero-order valence-corrected chi connectivity index (χ0v) is 24.8. The van der Waals surface area contributed by atoms with Crippen LogP contribution in [0.1, 0.15) is 58.5 Å². The predicted molar refractivity (Wildman–Crippen MR) is 164 cm³/mol. The van der Waals surface area contributed by atoms with Crippen LogP contribution in [0.15, 0.2) is 121 Å². The normalized spacial score (nSPS) is 11.5. The van der Waals surface area contributed by atoms with E-state index in [0.29, 0.717) is 11.1 Å². The second-order valence-electron chi connectivity index (χ2n) is 9.86. The van der Waals surface area contributed by atoms with E-state index in [2.05, 4.69) is 0 Å². The number of rotatable bonds is 12. The number of esters is 4. The highest BCUT2D eigenvalue weighted by Gasteiger charge is 2.17. The van der Waals surface area contributed by atoms with Gasteiger partial charge < -0.3 is 18.9 Å². The van der Waals surface area contributed by atoms with Crippen LogP contribution in [0.3, 0.4) is 0 Å². The molecule has 0 N–H and O–H groups in total. The van der Waals surface area contributed by atoms with Crippen molar-refractivity contribution in [2.75, 3.05) is 0 Å². The van der Waals surface area contributed by atoms with Gasteiger partial charge in [0.25, 0.3) is 0 Å². The van der Waals surface area contributed by atoms with E-state index < -0.39 is 36.1 Å². The molecule has 0 radical (unpaired) electrons. The minimum atomic E-state index is -0.532. The molecule has 0 saturated heterocycles. The van der Waals surface area contributed by atoms with Crippen LogP contribution < -0.4 is 0 Å². The van der Waals surface area contributed by atoms with Crippen molar-refractivity contribution in [1.82, 2.24) is 0 Å². The summed E-state index contributed by atoms with van der Waals surface area (Å²) in [5.41, 5.74) is 2.77. The van der Waals surface area contributed by atoms with E-state index in [-0.39, 0.29) is 26.1 Å². The lowest BCUT2D eigenvalue weighted by atomic mass is 10.2. The largest absolute Gasteiger partial charge is 0.461 e. The van der Waals surface area contributed by atoms with Crippen molar-refractivity contribution in [3.05, 3.63) is 144 Å². The van der Waals surface area contributed by atoms with Gasteiger partial charge in [-0.05, 0) is 49.2 Å². The molecule has 4 aromatic rings. The number of benzene rings is 4. The number of ether oxygens (including phenoxy) is 4. The minimum absolute atomic E-state index is 0.0331. The fraction of sp³-hybridized carbons (Fsp3) is 0.222. The van der Waals surface area contributed by atoms with Crippen LogP contribution in [0.2, 0.25) is 0 Å². The molecule has 8 nitrogen and oxygen atoms in total. The van der Waals surface area contributed by atoms with Crippen LogP contribution in [-0.4, -0.2) is 36.1 Å². The summed E-state index contributed by atoms with van der Waals surface area (Å²) in [4.78, 5) is 47.1. The zero-order chi connectivity index (χ0) is 31.6. The molecule has 2 unspecified atom stereocenters. The molecule has 0 heterocycles. The van der Waals surface area contributed by atoms with Gasteiger partial charge in [0, 0.05) is 0 Å². The Balaban J connectivity index is 0.000000240. The lowest BCUT2D eigenvalue weighted by Gasteiger charge is -2.13. The third-order valence-corrected chi connectivity index (χ3v) is 6.03. The molecule has 0 fully saturated rings. The van der Waals surface area contributed by atoms with Gasteiger partial charge >= 0.3 is 23.9 Å². The topological polar surface area (TPSA) is 105 Å². The monoisotopic (exact) mass is 596 g/mol. The third kappa shape index (κ3) is 12.7. The van der Waals surface area contributed by atoms with Crippen molar-refractivity contribution >= 4 is 23.9 Å². The molecule has 0 amide bonds. The van der Waals surface area contributed by atoms with Crippen LogP contribution in [0.25, 0.3) is 0 Å². The van der Waals surface area contributed by atoms with Gasteiger partial charge in [-0.25, -0.2) is 9.59 Å². The van der Waals surface area contributed by atoms with Crippen LogP contribution in [0.5, 0.6) is 0 Å². The van der Waals surface area contributed by atoms with Gasteiger partial charge in [-0.1, -0.05) is 97.1 Å². The summed E-state index contributed by atoms with van der Waals surface area (Å²) < 4.78 is 20.8. The van der Waals surface area contributed by atoms with Gasteiger partial charge in [0.05, 0.1) is 24.0 Å². The number of carbonyl (C=O) groups is 4. The van der Waals surface area contributed by atoms with Gasteiger partial charge in [0.15, 0.2) is 0 Å². The van der Waals surface area contributed by atoms with E-state index in [4.69, 9.17) is 18.9 Å². The Bertz CT molecular complexity index is 1330. The Kier molecular flexibility index (Phi) is 13.9. The summed E-state index contributed by atoms with van der Waals surface area (Å²) >= 11 is 0. The molecule has 0 aliphatic heterocycles. The van der Waals surface area contributed by atoms with Crippen molar-refractivity contribution in [2.45, 2.75) is 52.1 Å². The molecule has 228 valence electrons. The molecular weight excluding hydrogens is 560 g/mol. The van der Waals surface area contributed by atoms with E-state index >= 15 is 0 Å². The molecule has 0 aromatic heterocycles. The van der Waals surface area contributed by atoms with E-state index in [9.17, 15) is 19.2 Å². The fourth-order valence-electron chi connectivity index (χ4n) is 3.80. The molecule has 44 heavy (non-hydrogen) atoms.